The lowest BCUT2D eigenvalue weighted by Gasteiger charge is -2.07. The van der Waals surface area contributed by atoms with Crippen LogP contribution in [0.3, 0.4) is 0 Å². The third kappa shape index (κ3) is 5.75. The summed E-state index contributed by atoms with van der Waals surface area (Å²) in [4.78, 5) is 16.9. The van der Waals surface area contributed by atoms with Gasteiger partial charge in [0, 0.05) is 22.9 Å². The number of benzene rings is 3. The normalized spacial score (nSPS) is 11.2. The summed E-state index contributed by atoms with van der Waals surface area (Å²) in [5, 5.41) is 6.57. The Labute approximate surface area is 227 Å². The van der Waals surface area contributed by atoms with Crippen molar-refractivity contribution >= 4 is 69.3 Å². The minimum absolute atomic E-state index is 0.141. The Bertz CT molecular complexity index is 1660. The summed E-state index contributed by atoms with van der Waals surface area (Å²) >= 11 is 17.6. The second-order valence-electron chi connectivity index (χ2n) is 8.15. The molecule has 0 aliphatic rings. The van der Waals surface area contributed by atoms with Gasteiger partial charge in [0.05, 0.1) is 10.0 Å². The van der Waals surface area contributed by atoms with Gasteiger partial charge in [-0.2, -0.15) is 0 Å². The number of amides is 1. The van der Waals surface area contributed by atoms with E-state index in [4.69, 9.17) is 44.3 Å². The Morgan fingerprint density at radius 3 is 2.62 bits per heavy atom. The van der Waals surface area contributed by atoms with E-state index in [1.54, 1.807) is 48.5 Å². The van der Waals surface area contributed by atoms with Gasteiger partial charge in [0.15, 0.2) is 10.7 Å². The number of furan rings is 1. The lowest BCUT2D eigenvalue weighted by atomic mass is 10.1. The second-order valence-corrected chi connectivity index (χ2v) is 9.34. The number of oxazole rings is 1. The quantitative estimate of drug-likeness (QED) is 0.172. The van der Waals surface area contributed by atoms with Crippen molar-refractivity contribution in [2.75, 3.05) is 5.32 Å². The largest absolute Gasteiger partial charge is 0.457 e. The molecule has 37 heavy (non-hydrogen) atoms. The number of halogens is 2. The van der Waals surface area contributed by atoms with Crippen LogP contribution in [0.4, 0.5) is 5.69 Å². The molecule has 0 saturated heterocycles. The Morgan fingerprint density at radius 2 is 1.81 bits per heavy atom. The standard InChI is InChI=1S/C28H19Cl2N3O3S/c1-16-5-7-17(8-6-16)27-32-22-15-18(9-12-24(22)36-27)31-28(37)33-25(34)14-11-19-10-13-23(35-19)20-3-2-4-21(29)26(20)30/h2-15H,1H3,(H2,31,33,34,37). The molecule has 3 aromatic carbocycles. The molecule has 0 radical (unpaired) electrons. The first-order chi connectivity index (χ1) is 17.9. The molecule has 0 aliphatic heterocycles. The monoisotopic (exact) mass is 547 g/mol. The number of carbonyl (C=O) groups excluding carboxylic acids is 1. The number of carbonyl (C=O) groups is 1. The van der Waals surface area contributed by atoms with E-state index in [1.807, 2.05) is 31.2 Å². The highest BCUT2D eigenvalue weighted by Crippen LogP contribution is 2.34. The molecule has 2 aromatic heterocycles. The van der Waals surface area contributed by atoms with Crippen LogP contribution in [0.1, 0.15) is 11.3 Å². The van der Waals surface area contributed by atoms with Crippen molar-refractivity contribution in [3.63, 3.8) is 0 Å². The Kier molecular flexibility index (Phi) is 7.10. The number of aromatic nitrogens is 1. The molecule has 0 aliphatic carbocycles. The van der Waals surface area contributed by atoms with Gasteiger partial charge in [-0.05, 0) is 79.8 Å². The van der Waals surface area contributed by atoms with E-state index < -0.39 is 5.91 Å². The molecule has 0 fully saturated rings. The van der Waals surface area contributed by atoms with E-state index in [0.717, 1.165) is 11.1 Å². The van der Waals surface area contributed by atoms with Crippen molar-refractivity contribution in [1.82, 2.24) is 10.3 Å². The highest BCUT2D eigenvalue weighted by Gasteiger charge is 2.12. The van der Waals surface area contributed by atoms with Crippen LogP contribution in [-0.2, 0) is 4.79 Å². The Balaban J connectivity index is 1.21. The summed E-state index contributed by atoms with van der Waals surface area (Å²) in [6, 6.07) is 22.1. The van der Waals surface area contributed by atoms with Crippen LogP contribution in [0.5, 0.6) is 0 Å². The van der Waals surface area contributed by atoms with Gasteiger partial charge in [-0.3, -0.25) is 10.1 Å². The molecule has 1 amide bonds. The maximum absolute atomic E-state index is 12.4. The second kappa shape index (κ2) is 10.6. The van der Waals surface area contributed by atoms with Gasteiger partial charge in [-0.1, -0.05) is 47.0 Å². The van der Waals surface area contributed by atoms with Gasteiger partial charge in [-0.25, -0.2) is 4.98 Å². The number of nitrogens with zero attached hydrogens (tertiary/aromatic N) is 1. The van der Waals surface area contributed by atoms with Crippen molar-refractivity contribution in [2.24, 2.45) is 0 Å². The third-order valence-corrected chi connectivity index (χ3v) is 6.45. The SMILES string of the molecule is Cc1ccc(-c2nc3cc(NC(=S)NC(=O)C=Cc4ccc(-c5cccc(Cl)c5Cl)o4)ccc3o2)cc1. The van der Waals surface area contributed by atoms with Crippen molar-refractivity contribution in [1.29, 1.82) is 0 Å². The van der Waals surface area contributed by atoms with Gasteiger partial charge in [0.25, 0.3) is 0 Å². The predicted octanol–water partition coefficient (Wildman–Crippen LogP) is 7.90. The lowest BCUT2D eigenvalue weighted by molar-refractivity contribution is -0.115. The zero-order valence-electron chi connectivity index (χ0n) is 19.4. The zero-order chi connectivity index (χ0) is 25.9. The van der Waals surface area contributed by atoms with Crippen molar-refractivity contribution in [3.8, 4) is 22.8 Å². The molecule has 184 valence electrons. The number of nitrogens with one attached hydrogen (secondary N) is 2. The highest BCUT2D eigenvalue weighted by molar-refractivity contribution is 7.80. The number of fused-ring (bicyclic) bond motifs is 1. The van der Waals surface area contributed by atoms with Crippen LogP contribution >= 0.6 is 35.4 Å². The smallest absolute Gasteiger partial charge is 0.250 e. The van der Waals surface area contributed by atoms with E-state index in [1.165, 1.54) is 12.2 Å². The van der Waals surface area contributed by atoms with Crippen LogP contribution in [-0.4, -0.2) is 16.0 Å². The topological polar surface area (TPSA) is 80.3 Å². The fourth-order valence-corrected chi connectivity index (χ4v) is 4.19. The van der Waals surface area contributed by atoms with Crippen LogP contribution < -0.4 is 10.6 Å². The number of aryl methyl sites for hydroxylation is 1. The van der Waals surface area contributed by atoms with Gasteiger partial charge in [-0.15, -0.1) is 0 Å². The molecule has 0 unspecified atom stereocenters. The minimum atomic E-state index is -0.416. The summed E-state index contributed by atoms with van der Waals surface area (Å²) in [6.07, 6.45) is 2.86. The maximum atomic E-state index is 12.4. The number of hydrogen-bond donors (Lipinski definition) is 2. The van der Waals surface area contributed by atoms with Crippen LogP contribution in [0, 0.1) is 6.92 Å². The van der Waals surface area contributed by atoms with E-state index in [9.17, 15) is 4.79 Å². The fourth-order valence-electron chi connectivity index (χ4n) is 3.58. The van der Waals surface area contributed by atoms with Crippen LogP contribution in [0.25, 0.3) is 40.0 Å². The Hall–Kier alpha value is -3.91. The number of anilines is 1. The van der Waals surface area contributed by atoms with E-state index in [-0.39, 0.29) is 5.11 Å². The molecular weight excluding hydrogens is 529 g/mol. The molecule has 0 spiro atoms. The number of rotatable bonds is 5. The fraction of sp³-hybridized carbons (Fsp3) is 0.0357. The van der Waals surface area contributed by atoms with Gasteiger partial charge in [0.2, 0.25) is 11.8 Å². The highest BCUT2D eigenvalue weighted by atomic mass is 35.5. The van der Waals surface area contributed by atoms with Crippen LogP contribution in [0.2, 0.25) is 10.0 Å². The summed E-state index contributed by atoms with van der Waals surface area (Å²) < 4.78 is 11.6. The summed E-state index contributed by atoms with van der Waals surface area (Å²) in [7, 11) is 0. The predicted molar refractivity (Wildman–Crippen MR) is 152 cm³/mol. The van der Waals surface area contributed by atoms with Gasteiger partial charge in [0.1, 0.15) is 17.0 Å². The van der Waals surface area contributed by atoms with Crippen molar-refractivity contribution in [3.05, 3.63) is 100 Å². The first kappa shape index (κ1) is 24.8. The van der Waals surface area contributed by atoms with Gasteiger partial charge >= 0.3 is 0 Å². The van der Waals surface area contributed by atoms with E-state index in [0.29, 0.717) is 49.8 Å². The molecule has 6 nitrogen and oxygen atoms in total. The van der Waals surface area contributed by atoms with Crippen molar-refractivity contribution < 1.29 is 13.6 Å². The van der Waals surface area contributed by atoms with E-state index >= 15 is 0 Å². The molecule has 2 heterocycles. The molecule has 9 heteroatoms. The minimum Gasteiger partial charge on any atom is -0.457 e. The number of hydrogen-bond acceptors (Lipinski definition) is 5. The molecule has 5 rings (SSSR count). The van der Waals surface area contributed by atoms with Gasteiger partial charge < -0.3 is 14.2 Å². The van der Waals surface area contributed by atoms with Crippen molar-refractivity contribution in [2.45, 2.75) is 6.92 Å². The third-order valence-electron chi connectivity index (χ3n) is 5.42. The first-order valence-electron chi connectivity index (χ1n) is 11.2. The average Bonchev–Trinajstić information content (AvgIpc) is 3.52. The molecule has 5 aromatic rings. The molecule has 0 bridgehead atoms. The summed E-state index contributed by atoms with van der Waals surface area (Å²) in [6.45, 7) is 2.02. The molecule has 0 atom stereocenters. The molecule has 2 N–H and O–H groups in total. The molecular formula is C28H19Cl2N3O3S. The summed E-state index contributed by atoms with van der Waals surface area (Å²) in [5.74, 6) is 1.13. The summed E-state index contributed by atoms with van der Waals surface area (Å²) in [5.41, 5.74) is 4.70. The van der Waals surface area contributed by atoms with Crippen LogP contribution in [0.15, 0.2) is 87.7 Å². The maximum Gasteiger partial charge on any atom is 0.250 e. The average molecular weight is 548 g/mol. The van der Waals surface area contributed by atoms with E-state index in [2.05, 4.69) is 15.6 Å². The lowest BCUT2D eigenvalue weighted by Crippen LogP contribution is -2.32. The Morgan fingerprint density at radius 1 is 1.00 bits per heavy atom. The number of thiocarbonyl (C=S) groups is 1. The first-order valence-corrected chi connectivity index (χ1v) is 12.3. The zero-order valence-corrected chi connectivity index (χ0v) is 21.7. The molecule has 0 saturated carbocycles.